The Hall–Kier alpha value is -3.93. The van der Waals surface area contributed by atoms with Crippen molar-refractivity contribution >= 4 is 24.0 Å². The Kier molecular flexibility index (Phi) is 6.73. The van der Waals surface area contributed by atoms with Crippen LogP contribution >= 0.6 is 0 Å². The lowest BCUT2D eigenvalue weighted by Gasteiger charge is -2.11. The van der Waals surface area contributed by atoms with Crippen LogP contribution in [0.1, 0.15) is 21.5 Å². The monoisotopic (exact) mass is 388 g/mol. The second kappa shape index (κ2) is 9.85. The number of amides is 1. The molecule has 0 atom stereocenters. The first-order valence-electron chi connectivity index (χ1n) is 8.92. The average molecular weight is 388 g/mol. The lowest BCUT2D eigenvalue weighted by Crippen LogP contribution is -2.09. The number of methoxy groups -OCH3 is 1. The Bertz CT molecular complexity index is 1020. The minimum absolute atomic E-state index is 0.338. The molecule has 1 heterocycles. The molecule has 29 heavy (non-hydrogen) atoms. The molecule has 0 aliphatic heterocycles. The Morgan fingerprint density at radius 2 is 1.97 bits per heavy atom. The van der Waals surface area contributed by atoms with E-state index < -0.39 is 0 Å². The molecule has 0 bridgehead atoms. The number of pyridine rings is 1. The van der Waals surface area contributed by atoms with Gasteiger partial charge in [0.2, 0.25) is 5.91 Å². The number of para-hydroxylation sites is 1. The highest BCUT2D eigenvalue weighted by Crippen LogP contribution is 2.29. The topological polar surface area (TPSA) is 77.5 Å². The summed E-state index contributed by atoms with van der Waals surface area (Å²) in [6.07, 6.45) is 7.21. The van der Waals surface area contributed by atoms with E-state index in [0.29, 0.717) is 35.6 Å². The molecule has 6 nitrogen and oxygen atoms in total. The first kappa shape index (κ1) is 19.8. The summed E-state index contributed by atoms with van der Waals surface area (Å²) in [4.78, 5) is 27.3. The van der Waals surface area contributed by atoms with Crippen LogP contribution in [0.2, 0.25) is 0 Å². The van der Waals surface area contributed by atoms with Crippen LogP contribution in [0.5, 0.6) is 11.5 Å². The first-order valence-corrected chi connectivity index (χ1v) is 8.92. The number of carbonyl (C=O) groups is 2. The molecule has 0 aliphatic carbocycles. The van der Waals surface area contributed by atoms with Crippen LogP contribution in [0.15, 0.2) is 73.1 Å². The van der Waals surface area contributed by atoms with Gasteiger partial charge >= 0.3 is 0 Å². The maximum Gasteiger partial charge on any atom is 0.248 e. The van der Waals surface area contributed by atoms with Gasteiger partial charge in [0, 0.05) is 29.6 Å². The van der Waals surface area contributed by atoms with Gasteiger partial charge in [-0.05, 0) is 42.0 Å². The molecule has 0 unspecified atom stereocenters. The first-order chi connectivity index (χ1) is 14.2. The van der Waals surface area contributed by atoms with Crippen molar-refractivity contribution in [1.29, 1.82) is 0 Å². The molecule has 146 valence electrons. The number of rotatable bonds is 8. The second-order valence-electron chi connectivity index (χ2n) is 6.09. The van der Waals surface area contributed by atoms with E-state index in [1.807, 2.05) is 18.2 Å². The van der Waals surface area contributed by atoms with E-state index in [1.54, 1.807) is 62.0 Å². The van der Waals surface area contributed by atoms with Gasteiger partial charge in [-0.1, -0.05) is 24.3 Å². The van der Waals surface area contributed by atoms with Crippen LogP contribution < -0.4 is 14.8 Å². The molecule has 1 N–H and O–H groups in total. The summed E-state index contributed by atoms with van der Waals surface area (Å²) in [5, 5.41) is 2.69. The van der Waals surface area contributed by atoms with E-state index in [9.17, 15) is 9.59 Å². The zero-order valence-corrected chi connectivity index (χ0v) is 15.9. The standard InChI is InChI=1S/C23H20N2O4/c1-28-22-13-17(8-10-21(22)29-16-18-5-4-12-24-14-18)9-11-23(27)25-20-7-3-2-6-19(20)15-26/h2-15H,16H2,1H3,(H,25,27)/b11-9+. The summed E-state index contributed by atoms with van der Waals surface area (Å²) in [7, 11) is 1.56. The van der Waals surface area contributed by atoms with Crippen molar-refractivity contribution in [2.45, 2.75) is 6.61 Å². The molecule has 6 heteroatoms. The quantitative estimate of drug-likeness (QED) is 0.464. The molecule has 3 aromatic rings. The van der Waals surface area contributed by atoms with Crippen molar-refractivity contribution in [2.75, 3.05) is 12.4 Å². The number of nitrogens with one attached hydrogen (secondary N) is 1. The van der Waals surface area contributed by atoms with Gasteiger partial charge in [0.05, 0.1) is 12.8 Å². The summed E-state index contributed by atoms with van der Waals surface area (Å²) in [5.41, 5.74) is 2.61. The molecule has 0 fully saturated rings. The number of ether oxygens (including phenoxy) is 2. The summed E-state index contributed by atoms with van der Waals surface area (Å²) in [6.45, 7) is 0.373. The van der Waals surface area contributed by atoms with Gasteiger partial charge in [-0.25, -0.2) is 0 Å². The number of benzene rings is 2. The minimum atomic E-state index is -0.338. The molecule has 0 saturated heterocycles. The SMILES string of the molecule is COc1cc(/C=C/C(=O)Nc2ccccc2C=O)ccc1OCc1cccnc1. The predicted molar refractivity (Wildman–Crippen MR) is 111 cm³/mol. The number of nitrogens with zero attached hydrogens (tertiary/aromatic N) is 1. The van der Waals surface area contributed by atoms with Crippen molar-refractivity contribution in [2.24, 2.45) is 0 Å². The van der Waals surface area contributed by atoms with E-state index in [1.165, 1.54) is 6.08 Å². The van der Waals surface area contributed by atoms with Crippen molar-refractivity contribution in [3.05, 3.63) is 89.8 Å². The number of anilines is 1. The second-order valence-corrected chi connectivity index (χ2v) is 6.09. The zero-order chi connectivity index (χ0) is 20.5. The fraction of sp³-hybridized carbons (Fsp3) is 0.0870. The van der Waals surface area contributed by atoms with Crippen LogP contribution in [0, 0.1) is 0 Å². The molecule has 3 rings (SSSR count). The predicted octanol–water partition coefficient (Wildman–Crippen LogP) is 4.13. The van der Waals surface area contributed by atoms with E-state index in [2.05, 4.69) is 10.3 Å². The highest BCUT2D eigenvalue weighted by Gasteiger charge is 2.07. The van der Waals surface area contributed by atoms with Crippen LogP contribution in [-0.4, -0.2) is 24.3 Å². The Balaban J connectivity index is 1.66. The third-order valence-corrected chi connectivity index (χ3v) is 4.08. The lowest BCUT2D eigenvalue weighted by atomic mass is 10.1. The van der Waals surface area contributed by atoms with Crippen LogP contribution in [-0.2, 0) is 11.4 Å². The Labute approximate surface area is 168 Å². The summed E-state index contributed by atoms with van der Waals surface area (Å²) < 4.78 is 11.2. The number of hydrogen-bond acceptors (Lipinski definition) is 5. The minimum Gasteiger partial charge on any atom is -0.493 e. The number of aromatic nitrogens is 1. The number of aldehydes is 1. The fourth-order valence-corrected chi connectivity index (χ4v) is 2.61. The van der Waals surface area contributed by atoms with Crippen molar-refractivity contribution in [3.8, 4) is 11.5 Å². The van der Waals surface area contributed by atoms with Gasteiger partial charge in [-0.3, -0.25) is 14.6 Å². The molecule has 1 amide bonds. The maximum atomic E-state index is 12.2. The zero-order valence-electron chi connectivity index (χ0n) is 15.9. The van der Waals surface area contributed by atoms with Gasteiger partial charge in [0.1, 0.15) is 6.61 Å². The molecule has 1 aromatic heterocycles. The third-order valence-electron chi connectivity index (χ3n) is 4.08. The van der Waals surface area contributed by atoms with Crippen molar-refractivity contribution in [1.82, 2.24) is 4.98 Å². The average Bonchev–Trinajstić information content (AvgIpc) is 2.77. The number of hydrogen-bond donors (Lipinski definition) is 1. The van der Waals surface area contributed by atoms with Crippen LogP contribution in [0.25, 0.3) is 6.08 Å². The molecule has 2 aromatic carbocycles. The molecule has 0 radical (unpaired) electrons. The van der Waals surface area contributed by atoms with E-state index in [-0.39, 0.29) is 5.91 Å². The maximum absolute atomic E-state index is 12.2. The molecule has 0 aliphatic rings. The highest BCUT2D eigenvalue weighted by molar-refractivity contribution is 6.04. The van der Waals surface area contributed by atoms with Gasteiger partial charge in [0.15, 0.2) is 17.8 Å². The highest BCUT2D eigenvalue weighted by atomic mass is 16.5. The summed E-state index contributed by atoms with van der Waals surface area (Å²) in [6, 6.07) is 16.0. The van der Waals surface area contributed by atoms with Crippen molar-refractivity contribution < 1.29 is 19.1 Å². The molecule has 0 spiro atoms. The van der Waals surface area contributed by atoms with Gasteiger partial charge in [-0.2, -0.15) is 0 Å². The van der Waals surface area contributed by atoms with Crippen molar-refractivity contribution in [3.63, 3.8) is 0 Å². The Morgan fingerprint density at radius 1 is 1.10 bits per heavy atom. The Morgan fingerprint density at radius 3 is 2.72 bits per heavy atom. The normalized spacial score (nSPS) is 10.5. The molecular formula is C23H20N2O4. The summed E-state index contributed by atoms with van der Waals surface area (Å²) in [5.74, 6) is 0.816. The van der Waals surface area contributed by atoms with E-state index >= 15 is 0 Å². The van der Waals surface area contributed by atoms with Crippen LogP contribution in [0.4, 0.5) is 5.69 Å². The van der Waals surface area contributed by atoms with Gasteiger partial charge in [-0.15, -0.1) is 0 Å². The largest absolute Gasteiger partial charge is 0.493 e. The van der Waals surface area contributed by atoms with E-state index in [0.717, 1.165) is 11.1 Å². The molecule has 0 saturated carbocycles. The lowest BCUT2D eigenvalue weighted by molar-refractivity contribution is -0.111. The summed E-state index contributed by atoms with van der Waals surface area (Å²) >= 11 is 0. The smallest absolute Gasteiger partial charge is 0.248 e. The molecular weight excluding hydrogens is 368 g/mol. The fourth-order valence-electron chi connectivity index (χ4n) is 2.61. The third kappa shape index (κ3) is 5.52. The van der Waals surface area contributed by atoms with Crippen LogP contribution in [0.3, 0.4) is 0 Å². The number of carbonyl (C=O) groups excluding carboxylic acids is 2. The van der Waals surface area contributed by atoms with Gasteiger partial charge in [0.25, 0.3) is 0 Å². The van der Waals surface area contributed by atoms with E-state index in [4.69, 9.17) is 9.47 Å². The van der Waals surface area contributed by atoms with Gasteiger partial charge < -0.3 is 14.8 Å².